The van der Waals surface area contributed by atoms with Crippen LogP contribution in [0, 0.1) is 12.7 Å². The molecule has 0 aliphatic rings. The summed E-state index contributed by atoms with van der Waals surface area (Å²) in [5.74, 6) is 0.355. The largest absolute Gasteiger partial charge is 0.494 e. The van der Waals surface area contributed by atoms with Crippen molar-refractivity contribution in [1.29, 1.82) is 0 Å². The molecule has 0 aliphatic carbocycles. The number of para-hydroxylation sites is 1. The molecular weight excluding hydrogens is 513 g/mol. The average molecular weight is 542 g/mol. The van der Waals surface area contributed by atoms with Crippen molar-refractivity contribution in [3.8, 4) is 28.6 Å². The fourth-order valence-electron chi connectivity index (χ4n) is 4.17. The van der Waals surface area contributed by atoms with Gasteiger partial charge in [-0.05, 0) is 49.7 Å². The van der Waals surface area contributed by atoms with Crippen LogP contribution in [0.4, 0.5) is 4.39 Å². The molecule has 0 fully saturated rings. The normalized spacial score (nSPS) is 13.2. The monoisotopic (exact) mass is 541 g/mol. The molecule has 2 atom stereocenters. The maximum atomic E-state index is 13.7. The van der Waals surface area contributed by atoms with Crippen molar-refractivity contribution in [3.05, 3.63) is 77.9 Å². The number of sulfone groups is 1. The molecule has 0 saturated carbocycles. The fraction of sp³-hybridized carbons (Fsp3) is 0.308. The molecule has 10 nitrogen and oxygen atoms in total. The maximum Gasteiger partial charge on any atom is 0.170 e. The van der Waals surface area contributed by atoms with Crippen molar-refractivity contribution in [2.45, 2.75) is 31.0 Å². The second-order valence-corrected chi connectivity index (χ2v) is 11.0. The summed E-state index contributed by atoms with van der Waals surface area (Å²) >= 11 is 0. The lowest BCUT2D eigenvalue weighted by Gasteiger charge is -2.23. The van der Waals surface area contributed by atoms with Crippen molar-refractivity contribution >= 4 is 9.84 Å². The molecule has 0 bridgehead atoms. The van der Waals surface area contributed by atoms with Crippen LogP contribution in [0.2, 0.25) is 0 Å². The van der Waals surface area contributed by atoms with E-state index in [0.29, 0.717) is 34.3 Å². The van der Waals surface area contributed by atoms with Crippen molar-refractivity contribution < 1.29 is 27.0 Å². The minimum Gasteiger partial charge on any atom is -0.494 e. The number of methoxy groups -OCH3 is 3. The first-order valence-electron chi connectivity index (χ1n) is 11.6. The van der Waals surface area contributed by atoms with E-state index in [9.17, 15) is 12.8 Å². The van der Waals surface area contributed by atoms with Gasteiger partial charge in [0, 0.05) is 25.1 Å². The molecule has 0 amide bonds. The van der Waals surface area contributed by atoms with Gasteiger partial charge in [0.1, 0.15) is 34.9 Å². The number of rotatable bonds is 10. The zero-order valence-corrected chi connectivity index (χ0v) is 22.4. The number of nitrogens with zero attached hydrogens (tertiary/aromatic N) is 5. The van der Waals surface area contributed by atoms with Gasteiger partial charge in [-0.15, -0.1) is 10.2 Å². The summed E-state index contributed by atoms with van der Waals surface area (Å²) in [6.45, 7) is 3.41. The zero-order valence-electron chi connectivity index (χ0n) is 21.6. The van der Waals surface area contributed by atoms with Crippen molar-refractivity contribution in [3.63, 3.8) is 0 Å². The Morgan fingerprint density at radius 2 is 1.71 bits per heavy atom. The van der Waals surface area contributed by atoms with Crippen LogP contribution in [0.15, 0.2) is 55.0 Å². The molecule has 3 aromatic heterocycles. The van der Waals surface area contributed by atoms with E-state index in [1.54, 1.807) is 35.2 Å². The van der Waals surface area contributed by atoms with Gasteiger partial charge in [-0.3, -0.25) is 14.5 Å². The van der Waals surface area contributed by atoms with Crippen LogP contribution in [-0.2, 0) is 20.3 Å². The molecule has 4 aromatic rings. The fourth-order valence-corrected chi connectivity index (χ4v) is 5.61. The standard InChI is InChI=1S/C26H28FN5O5S/c1-16-11-18(13-28-12-16)26-31-30-23(32(26)24-21(35-3)7-6-8-22(24)36-4)15-38(33,34)17(2)25(37-5)20-10-9-19(27)14-29-20/h6-14,17,25H,15H2,1-5H3/t17-,25-/m1/s1. The van der Waals surface area contributed by atoms with Gasteiger partial charge >= 0.3 is 0 Å². The van der Waals surface area contributed by atoms with Crippen LogP contribution >= 0.6 is 0 Å². The average Bonchev–Trinajstić information content (AvgIpc) is 3.31. The van der Waals surface area contributed by atoms with Crippen molar-refractivity contribution in [2.24, 2.45) is 0 Å². The SMILES string of the molecule is COc1cccc(OC)c1-n1c(CS(=O)(=O)[C@H](C)[C@@H](OC)c2ccc(F)cn2)nnc1-c1cncc(C)c1. The van der Waals surface area contributed by atoms with Gasteiger partial charge in [-0.1, -0.05) is 6.07 Å². The minimum absolute atomic E-state index is 0.137. The number of hydrogen-bond donors (Lipinski definition) is 0. The summed E-state index contributed by atoms with van der Waals surface area (Å²) in [5.41, 5.74) is 2.26. The number of aromatic nitrogens is 5. The summed E-state index contributed by atoms with van der Waals surface area (Å²) < 4.78 is 59.1. The molecule has 0 N–H and O–H groups in total. The third kappa shape index (κ3) is 5.36. The van der Waals surface area contributed by atoms with Gasteiger partial charge in [0.25, 0.3) is 0 Å². The lowest BCUT2D eigenvalue weighted by Crippen LogP contribution is -2.29. The Morgan fingerprint density at radius 3 is 2.29 bits per heavy atom. The molecular formula is C26H28FN5O5S. The Hall–Kier alpha value is -3.90. The molecule has 0 aliphatic heterocycles. The number of ether oxygens (including phenoxy) is 3. The first-order valence-corrected chi connectivity index (χ1v) is 13.3. The van der Waals surface area contributed by atoms with Gasteiger partial charge in [0.15, 0.2) is 21.5 Å². The van der Waals surface area contributed by atoms with Gasteiger partial charge < -0.3 is 14.2 Å². The quantitative estimate of drug-likeness (QED) is 0.295. The molecule has 0 spiro atoms. The third-order valence-corrected chi connectivity index (χ3v) is 8.15. The highest BCUT2D eigenvalue weighted by atomic mass is 32.2. The zero-order chi connectivity index (χ0) is 27.4. The predicted octanol–water partition coefficient (Wildman–Crippen LogP) is 3.88. The summed E-state index contributed by atoms with van der Waals surface area (Å²) in [7, 11) is 0.488. The first kappa shape index (κ1) is 27.1. The van der Waals surface area contributed by atoms with Crippen LogP contribution in [0.25, 0.3) is 17.1 Å². The highest BCUT2D eigenvalue weighted by Gasteiger charge is 2.34. The lowest BCUT2D eigenvalue weighted by molar-refractivity contribution is 0.0986. The Balaban J connectivity index is 1.84. The van der Waals surface area contributed by atoms with Crippen LogP contribution in [0.5, 0.6) is 11.5 Å². The van der Waals surface area contributed by atoms with E-state index in [4.69, 9.17) is 14.2 Å². The molecule has 0 radical (unpaired) electrons. The van der Waals surface area contributed by atoms with Gasteiger partial charge in [-0.25, -0.2) is 12.8 Å². The Kier molecular flexibility index (Phi) is 8.02. The van der Waals surface area contributed by atoms with E-state index < -0.39 is 32.8 Å². The van der Waals surface area contributed by atoms with E-state index in [0.717, 1.165) is 11.8 Å². The van der Waals surface area contributed by atoms with E-state index in [1.807, 2.05) is 13.0 Å². The first-order chi connectivity index (χ1) is 18.2. The van der Waals surface area contributed by atoms with Gasteiger partial charge in [0.05, 0.1) is 31.4 Å². The van der Waals surface area contributed by atoms with Crippen molar-refractivity contribution in [2.75, 3.05) is 21.3 Å². The van der Waals surface area contributed by atoms with Crippen LogP contribution < -0.4 is 9.47 Å². The summed E-state index contributed by atoms with van der Waals surface area (Å²) in [6.07, 6.45) is 3.42. The van der Waals surface area contributed by atoms with Gasteiger partial charge in [-0.2, -0.15) is 0 Å². The lowest BCUT2D eigenvalue weighted by atomic mass is 10.2. The number of aryl methyl sites for hydroxylation is 1. The van der Waals surface area contributed by atoms with E-state index in [-0.39, 0.29) is 5.82 Å². The van der Waals surface area contributed by atoms with Crippen LogP contribution in [-0.4, -0.2) is 59.7 Å². The second-order valence-electron chi connectivity index (χ2n) is 8.61. The minimum atomic E-state index is -3.91. The summed E-state index contributed by atoms with van der Waals surface area (Å²) in [5, 5.41) is 7.58. The molecule has 1 aromatic carbocycles. The molecule has 0 unspecified atom stereocenters. The number of halogens is 1. The Labute approximate surface area is 220 Å². The number of pyridine rings is 2. The molecule has 3 heterocycles. The maximum absolute atomic E-state index is 13.7. The van der Waals surface area contributed by atoms with E-state index in [1.165, 1.54) is 40.4 Å². The highest BCUT2D eigenvalue weighted by molar-refractivity contribution is 7.91. The van der Waals surface area contributed by atoms with Crippen molar-refractivity contribution in [1.82, 2.24) is 24.7 Å². The Bertz CT molecular complexity index is 1500. The second kappa shape index (κ2) is 11.2. The highest BCUT2D eigenvalue weighted by Crippen LogP contribution is 2.37. The van der Waals surface area contributed by atoms with Crippen LogP contribution in [0.3, 0.4) is 0 Å². The molecule has 0 saturated heterocycles. The third-order valence-electron chi connectivity index (χ3n) is 6.11. The number of benzene rings is 1. The molecule has 38 heavy (non-hydrogen) atoms. The van der Waals surface area contributed by atoms with E-state index in [2.05, 4.69) is 20.2 Å². The molecule has 200 valence electrons. The summed E-state index contributed by atoms with van der Waals surface area (Å²) in [6, 6.07) is 9.71. The van der Waals surface area contributed by atoms with E-state index >= 15 is 0 Å². The molecule has 12 heteroatoms. The summed E-state index contributed by atoms with van der Waals surface area (Å²) in [4.78, 5) is 8.27. The molecule has 4 rings (SSSR count). The Morgan fingerprint density at radius 1 is 1.00 bits per heavy atom. The smallest absolute Gasteiger partial charge is 0.170 e. The topological polar surface area (TPSA) is 118 Å². The predicted molar refractivity (Wildman–Crippen MR) is 138 cm³/mol. The number of hydrogen-bond acceptors (Lipinski definition) is 9. The van der Waals surface area contributed by atoms with Gasteiger partial charge in [0.2, 0.25) is 0 Å². The van der Waals surface area contributed by atoms with Crippen LogP contribution in [0.1, 0.15) is 30.1 Å².